The molecule has 1 aromatic rings. The molecule has 0 bridgehead atoms. The van der Waals surface area contributed by atoms with Crippen molar-refractivity contribution < 1.29 is 14.3 Å². The van der Waals surface area contributed by atoms with E-state index in [0.29, 0.717) is 18.1 Å². The van der Waals surface area contributed by atoms with E-state index < -0.39 is 0 Å². The molecule has 138 valence electrons. The highest BCUT2D eigenvalue weighted by Crippen LogP contribution is 2.17. The summed E-state index contributed by atoms with van der Waals surface area (Å²) in [5, 5.41) is 0.663. The number of carbonyl (C=O) groups is 1. The van der Waals surface area contributed by atoms with E-state index in [1.54, 1.807) is 0 Å². The van der Waals surface area contributed by atoms with E-state index in [4.69, 9.17) is 21.1 Å². The van der Waals surface area contributed by atoms with Gasteiger partial charge in [-0.2, -0.15) is 0 Å². The van der Waals surface area contributed by atoms with E-state index >= 15 is 0 Å². The Bertz CT molecular complexity index is 555. The van der Waals surface area contributed by atoms with Crippen LogP contribution < -0.4 is 0 Å². The average molecular weight is 367 g/mol. The van der Waals surface area contributed by atoms with Gasteiger partial charge >= 0.3 is 0 Å². The highest BCUT2D eigenvalue weighted by molar-refractivity contribution is 6.31. The molecule has 3 rings (SSSR count). The van der Waals surface area contributed by atoms with Crippen LogP contribution in [0.3, 0.4) is 0 Å². The Morgan fingerprint density at radius 2 is 2.00 bits per heavy atom. The van der Waals surface area contributed by atoms with Crippen LogP contribution in [0.25, 0.3) is 0 Å². The third kappa shape index (κ3) is 5.68. The largest absolute Gasteiger partial charge is 0.353 e. The average Bonchev–Trinajstić information content (AvgIpc) is 2.65. The first-order valence-electron chi connectivity index (χ1n) is 9.19. The van der Waals surface area contributed by atoms with Gasteiger partial charge in [-0.05, 0) is 30.9 Å². The van der Waals surface area contributed by atoms with E-state index in [9.17, 15) is 4.79 Å². The Hall–Kier alpha value is -1.14. The van der Waals surface area contributed by atoms with Crippen molar-refractivity contribution in [3.63, 3.8) is 0 Å². The fourth-order valence-electron chi connectivity index (χ4n) is 3.29. The van der Waals surface area contributed by atoms with Crippen molar-refractivity contribution >= 4 is 17.5 Å². The molecular weight excluding hydrogens is 340 g/mol. The third-order valence-corrected chi connectivity index (χ3v) is 5.24. The minimum atomic E-state index is -0.0211. The van der Waals surface area contributed by atoms with Gasteiger partial charge in [0.15, 0.2) is 6.29 Å². The maximum Gasteiger partial charge on any atom is 0.227 e. The molecule has 1 aromatic carbocycles. The Morgan fingerprint density at radius 1 is 1.20 bits per heavy atom. The predicted molar refractivity (Wildman–Crippen MR) is 97.7 cm³/mol. The van der Waals surface area contributed by atoms with Gasteiger partial charge in [0.05, 0.1) is 13.0 Å². The fraction of sp³-hybridized carbons (Fsp3) is 0.632. The maximum absolute atomic E-state index is 12.5. The number of rotatable bonds is 6. The van der Waals surface area contributed by atoms with Gasteiger partial charge in [-0.15, -0.1) is 0 Å². The quantitative estimate of drug-likeness (QED) is 0.776. The van der Waals surface area contributed by atoms with Crippen LogP contribution in [-0.2, 0) is 20.7 Å². The molecule has 0 spiro atoms. The van der Waals surface area contributed by atoms with Crippen molar-refractivity contribution in [1.29, 1.82) is 0 Å². The Labute approximate surface area is 154 Å². The molecule has 0 aliphatic carbocycles. The monoisotopic (exact) mass is 366 g/mol. The zero-order chi connectivity index (χ0) is 17.5. The summed E-state index contributed by atoms with van der Waals surface area (Å²) < 4.78 is 11.4. The number of hydrogen-bond acceptors (Lipinski definition) is 4. The number of ether oxygens (including phenoxy) is 2. The van der Waals surface area contributed by atoms with Crippen LogP contribution in [0, 0.1) is 0 Å². The molecule has 2 heterocycles. The summed E-state index contributed by atoms with van der Waals surface area (Å²) in [7, 11) is 0. The fourth-order valence-corrected chi connectivity index (χ4v) is 3.50. The number of halogens is 1. The van der Waals surface area contributed by atoms with Gasteiger partial charge in [0.2, 0.25) is 5.91 Å². The molecule has 1 atom stereocenters. The molecule has 2 saturated heterocycles. The summed E-state index contributed by atoms with van der Waals surface area (Å²) >= 11 is 6.15. The lowest BCUT2D eigenvalue weighted by atomic mass is 10.1. The molecule has 0 saturated carbocycles. The predicted octanol–water partition coefficient (Wildman–Crippen LogP) is 2.57. The van der Waals surface area contributed by atoms with Crippen molar-refractivity contribution in [3.8, 4) is 0 Å². The summed E-state index contributed by atoms with van der Waals surface area (Å²) in [5.74, 6) is 0.152. The van der Waals surface area contributed by atoms with Crippen molar-refractivity contribution in [2.45, 2.75) is 32.0 Å². The lowest BCUT2D eigenvalue weighted by molar-refractivity contribution is -0.164. The summed E-state index contributed by atoms with van der Waals surface area (Å²) in [6.07, 6.45) is 3.69. The first-order valence-corrected chi connectivity index (χ1v) is 9.57. The second-order valence-electron chi connectivity index (χ2n) is 6.66. The molecule has 25 heavy (non-hydrogen) atoms. The highest BCUT2D eigenvalue weighted by atomic mass is 35.5. The summed E-state index contributed by atoms with van der Waals surface area (Å²) in [5.41, 5.74) is 0.900. The van der Waals surface area contributed by atoms with Crippen LogP contribution in [0.2, 0.25) is 5.02 Å². The Kier molecular flexibility index (Phi) is 7.11. The summed E-state index contributed by atoms with van der Waals surface area (Å²) in [6.45, 7) is 5.72. The molecule has 0 aromatic heterocycles. The number of nitrogens with zero attached hydrogens (tertiary/aromatic N) is 2. The van der Waals surface area contributed by atoms with Gasteiger partial charge in [0, 0.05) is 44.4 Å². The van der Waals surface area contributed by atoms with Crippen LogP contribution in [0.15, 0.2) is 24.3 Å². The lowest BCUT2D eigenvalue weighted by Crippen LogP contribution is -2.50. The number of amides is 1. The lowest BCUT2D eigenvalue weighted by Gasteiger charge is -2.35. The smallest absolute Gasteiger partial charge is 0.227 e. The Morgan fingerprint density at radius 3 is 2.72 bits per heavy atom. The molecule has 0 radical (unpaired) electrons. The molecule has 2 aliphatic rings. The molecule has 5 nitrogen and oxygen atoms in total. The van der Waals surface area contributed by atoms with Gasteiger partial charge in [-0.25, -0.2) is 0 Å². The number of carbonyl (C=O) groups excluding carboxylic acids is 1. The van der Waals surface area contributed by atoms with E-state index in [-0.39, 0.29) is 12.2 Å². The highest BCUT2D eigenvalue weighted by Gasteiger charge is 2.22. The standard InChI is InChI=1S/C19H27ClN2O3/c20-17-6-2-1-5-16(17)15-18(23)22-10-8-21(9-11-22)12-14-25-19-7-3-4-13-24-19/h1-2,5-6,19H,3-4,7-15H2/t19-/m0/s1. The normalized spacial score (nSPS) is 22.1. The molecule has 0 N–H and O–H groups in total. The minimum absolute atomic E-state index is 0.0211. The molecule has 6 heteroatoms. The van der Waals surface area contributed by atoms with E-state index in [0.717, 1.165) is 57.7 Å². The first-order chi connectivity index (χ1) is 12.2. The third-order valence-electron chi connectivity index (χ3n) is 4.87. The van der Waals surface area contributed by atoms with Crippen LogP contribution in [0.1, 0.15) is 24.8 Å². The SMILES string of the molecule is O=C(Cc1ccccc1Cl)N1CCN(CCO[C@H]2CCCCO2)CC1. The zero-order valence-electron chi connectivity index (χ0n) is 14.7. The summed E-state index contributed by atoms with van der Waals surface area (Å²) in [6, 6.07) is 7.55. The van der Waals surface area contributed by atoms with Gasteiger partial charge in [0.25, 0.3) is 0 Å². The number of piperazine rings is 1. The van der Waals surface area contributed by atoms with Crippen LogP contribution in [-0.4, -0.2) is 67.9 Å². The summed E-state index contributed by atoms with van der Waals surface area (Å²) in [4.78, 5) is 16.7. The Balaban J connectivity index is 1.35. The molecule has 1 amide bonds. The maximum atomic E-state index is 12.5. The van der Waals surface area contributed by atoms with Gasteiger partial charge in [-0.1, -0.05) is 29.8 Å². The zero-order valence-corrected chi connectivity index (χ0v) is 15.4. The molecule has 0 unspecified atom stereocenters. The molecule has 2 aliphatic heterocycles. The molecule has 2 fully saturated rings. The van der Waals surface area contributed by atoms with E-state index in [1.165, 1.54) is 6.42 Å². The van der Waals surface area contributed by atoms with Crippen molar-refractivity contribution in [3.05, 3.63) is 34.9 Å². The first kappa shape index (κ1) is 18.6. The van der Waals surface area contributed by atoms with Crippen LogP contribution >= 0.6 is 11.6 Å². The van der Waals surface area contributed by atoms with E-state index in [2.05, 4.69) is 4.90 Å². The van der Waals surface area contributed by atoms with Crippen molar-refractivity contribution in [2.75, 3.05) is 45.9 Å². The van der Waals surface area contributed by atoms with E-state index in [1.807, 2.05) is 29.2 Å². The minimum Gasteiger partial charge on any atom is -0.353 e. The van der Waals surface area contributed by atoms with Crippen LogP contribution in [0.5, 0.6) is 0 Å². The second-order valence-corrected chi connectivity index (χ2v) is 7.06. The molecular formula is C19H27ClN2O3. The van der Waals surface area contributed by atoms with Gasteiger partial charge in [-0.3, -0.25) is 9.69 Å². The van der Waals surface area contributed by atoms with Crippen molar-refractivity contribution in [2.24, 2.45) is 0 Å². The van der Waals surface area contributed by atoms with Crippen molar-refractivity contribution in [1.82, 2.24) is 9.80 Å². The number of benzene rings is 1. The topological polar surface area (TPSA) is 42.0 Å². The van der Waals surface area contributed by atoms with Gasteiger partial charge < -0.3 is 14.4 Å². The van der Waals surface area contributed by atoms with Crippen LogP contribution in [0.4, 0.5) is 0 Å². The second kappa shape index (κ2) is 9.53. The number of hydrogen-bond donors (Lipinski definition) is 0. The van der Waals surface area contributed by atoms with Gasteiger partial charge in [0.1, 0.15) is 0 Å².